The molecule has 0 radical (unpaired) electrons. The lowest BCUT2D eigenvalue weighted by Gasteiger charge is -1.89. The minimum atomic E-state index is -3.49. The van der Waals surface area contributed by atoms with Gasteiger partial charge in [-0.1, -0.05) is 10.3 Å². The minimum absolute atomic E-state index is 0.0903. The predicted octanol–water partition coefficient (Wildman–Crippen LogP) is -0.577. The van der Waals surface area contributed by atoms with Crippen LogP contribution in [0.15, 0.2) is 10.3 Å². The Bertz CT molecular complexity index is 315. The van der Waals surface area contributed by atoms with Gasteiger partial charge in [-0.05, 0) is 0 Å². The van der Waals surface area contributed by atoms with Crippen LogP contribution in [-0.2, 0) is 9.84 Å². The molecule has 1 aliphatic rings. The SMILES string of the molecule is O=S1(=O)CCC(=NO)C1=NO. The zero-order valence-corrected chi connectivity index (χ0v) is 6.24. The van der Waals surface area contributed by atoms with Gasteiger partial charge in [0.25, 0.3) is 0 Å². The lowest BCUT2D eigenvalue weighted by molar-refractivity contribution is 0.314. The third-order valence-corrected chi connectivity index (χ3v) is 3.01. The summed E-state index contributed by atoms with van der Waals surface area (Å²) in [7, 11) is -3.49. The number of nitrogens with zero attached hydrogens (tertiary/aromatic N) is 2. The molecule has 0 spiro atoms. The van der Waals surface area contributed by atoms with Gasteiger partial charge in [-0.25, -0.2) is 8.42 Å². The highest BCUT2D eigenvalue weighted by atomic mass is 32.2. The van der Waals surface area contributed by atoms with E-state index in [1.54, 1.807) is 0 Å². The normalized spacial score (nSPS) is 29.8. The summed E-state index contributed by atoms with van der Waals surface area (Å²) >= 11 is 0. The van der Waals surface area contributed by atoms with Crippen LogP contribution in [0.4, 0.5) is 0 Å². The molecular formula is C4H6N2O4S. The molecule has 1 fully saturated rings. The van der Waals surface area contributed by atoms with Crippen molar-refractivity contribution in [2.45, 2.75) is 6.42 Å². The van der Waals surface area contributed by atoms with Crippen LogP contribution in [0.3, 0.4) is 0 Å². The zero-order chi connectivity index (χ0) is 8.48. The van der Waals surface area contributed by atoms with E-state index in [0.29, 0.717) is 0 Å². The number of oxime groups is 2. The van der Waals surface area contributed by atoms with Crippen LogP contribution in [-0.4, -0.2) is 35.3 Å². The van der Waals surface area contributed by atoms with Crippen LogP contribution < -0.4 is 0 Å². The molecule has 62 valence electrons. The van der Waals surface area contributed by atoms with Crippen LogP contribution in [0.2, 0.25) is 0 Å². The van der Waals surface area contributed by atoms with E-state index in [2.05, 4.69) is 10.3 Å². The van der Waals surface area contributed by atoms with Gasteiger partial charge in [0.05, 0.1) is 5.75 Å². The second-order valence-corrected chi connectivity index (χ2v) is 4.05. The van der Waals surface area contributed by atoms with Gasteiger partial charge in [0.1, 0.15) is 5.71 Å². The van der Waals surface area contributed by atoms with Gasteiger partial charge >= 0.3 is 0 Å². The Morgan fingerprint density at radius 1 is 1.27 bits per heavy atom. The van der Waals surface area contributed by atoms with E-state index in [4.69, 9.17) is 10.4 Å². The molecule has 1 aliphatic heterocycles. The molecule has 7 heteroatoms. The van der Waals surface area contributed by atoms with Crippen molar-refractivity contribution < 1.29 is 18.8 Å². The van der Waals surface area contributed by atoms with Gasteiger partial charge in [0, 0.05) is 6.42 Å². The first kappa shape index (κ1) is 7.99. The number of sulfone groups is 1. The Balaban J connectivity index is 3.20. The van der Waals surface area contributed by atoms with Gasteiger partial charge < -0.3 is 10.4 Å². The zero-order valence-electron chi connectivity index (χ0n) is 5.43. The molecular weight excluding hydrogens is 172 g/mol. The van der Waals surface area contributed by atoms with E-state index >= 15 is 0 Å². The second-order valence-electron chi connectivity index (χ2n) is 2.02. The quantitative estimate of drug-likeness (QED) is 0.383. The largest absolute Gasteiger partial charge is 0.411 e. The molecule has 0 unspecified atom stereocenters. The lowest BCUT2D eigenvalue weighted by Crippen LogP contribution is -2.14. The summed E-state index contributed by atoms with van der Waals surface area (Å²) in [5.74, 6) is -0.161. The van der Waals surface area contributed by atoms with E-state index in [9.17, 15) is 8.42 Å². The van der Waals surface area contributed by atoms with Gasteiger partial charge in [-0.2, -0.15) is 0 Å². The highest BCUT2D eigenvalue weighted by molar-refractivity contribution is 8.09. The molecule has 1 heterocycles. The van der Waals surface area contributed by atoms with Gasteiger partial charge in [0.2, 0.25) is 14.9 Å². The molecule has 0 bridgehead atoms. The van der Waals surface area contributed by atoms with Gasteiger partial charge in [0.15, 0.2) is 0 Å². The Labute approximate surface area is 62.7 Å². The standard InChI is InChI=1S/C4H6N2O4S/c7-5-3-1-2-11(9,10)4(3)6-8/h7-8H,1-2H2. The molecule has 1 saturated heterocycles. The average molecular weight is 178 g/mol. The monoisotopic (exact) mass is 178 g/mol. The fourth-order valence-electron chi connectivity index (χ4n) is 0.827. The third-order valence-electron chi connectivity index (χ3n) is 1.36. The Kier molecular flexibility index (Phi) is 1.81. The van der Waals surface area contributed by atoms with Crippen molar-refractivity contribution in [1.29, 1.82) is 0 Å². The topological polar surface area (TPSA) is 99.3 Å². The first-order chi connectivity index (χ1) is 5.11. The first-order valence-corrected chi connectivity index (χ1v) is 4.43. The van der Waals surface area contributed by atoms with Crippen LogP contribution in [0.5, 0.6) is 0 Å². The lowest BCUT2D eigenvalue weighted by atomic mass is 10.3. The Hall–Kier alpha value is -1.11. The maximum absolute atomic E-state index is 10.9. The molecule has 0 aromatic rings. The van der Waals surface area contributed by atoms with Crippen LogP contribution in [0.1, 0.15) is 6.42 Å². The molecule has 0 aromatic heterocycles. The van der Waals surface area contributed by atoms with E-state index in [-0.39, 0.29) is 17.9 Å². The summed E-state index contributed by atoms with van der Waals surface area (Å²) < 4.78 is 21.8. The molecule has 11 heavy (non-hydrogen) atoms. The molecule has 6 nitrogen and oxygen atoms in total. The van der Waals surface area contributed by atoms with Crippen LogP contribution >= 0.6 is 0 Å². The van der Waals surface area contributed by atoms with Gasteiger partial charge in [-0.15, -0.1) is 0 Å². The van der Waals surface area contributed by atoms with E-state index < -0.39 is 14.9 Å². The molecule has 0 saturated carbocycles. The summed E-state index contributed by atoms with van der Waals surface area (Å²) in [6.45, 7) is 0. The van der Waals surface area contributed by atoms with Crippen molar-refractivity contribution in [2.24, 2.45) is 10.3 Å². The highest BCUT2D eigenvalue weighted by Gasteiger charge is 2.34. The minimum Gasteiger partial charge on any atom is -0.411 e. The van der Waals surface area contributed by atoms with Crippen molar-refractivity contribution in [3.63, 3.8) is 0 Å². The maximum Gasteiger partial charge on any atom is 0.218 e. The van der Waals surface area contributed by atoms with E-state index in [1.807, 2.05) is 0 Å². The molecule has 0 aliphatic carbocycles. The summed E-state index contributed by atoms with van der Waals surface area (Å²) in [5, 5.41) is 21.1. The third kappa shape index (κ3) is 1.18. The van der Waals surface area contributed by atoms with Gasteiger partial charge in [-0.3, -0.25) is 0 Å². The average Bonchev–Trinajstić information content (AvgIpc) is 2.24. The van der Waals surface area contributed by atoms with Crippen molar-refractivity contribution in [1.82, 2.24) is 0 Å². The van der Waals surface area contributed by atoms with Crippen LogP contribution in [0, 0.1) is 0 Å². The van der Waals surface area contributed by atoms with Crippen molar-refractivity contribution >= 4 is 20.6 Å². The van der Waals surface area contributed by atoms with Crippen molar-refractivity contribution in [3.05, 3.63) is 0 Å². The Morgan fingerprint density at radius 3 is 2.27 bits per heavy atom. The second kappa shape index (κ2) is 2.50. The van der Waals surface area contributed by atoms with Crippen molar-refractivity contribution in [2.75, 3.05) is 5.75 Å². The first-order valence-electron chi connectivity index (χ1n) is 2.78. The highest BCUT2D eigenvalue weighted by Crippen LogP contribution is 2.11. The fraction of sp³-hybridized carbons (Fsp3) is 0.500. The fourth-order valence-corrected chi connectivity index (χ4v) is 2.11. The Morgan fingerprint density at radius 2 is 1.91 bits per heavy atom. The molecule has 2 N–H and O–H groups in total. The molecule has 0 amide bonds. The number of hydrogen-bond acceptors (Lipinski definition) is 6. The summed E-state index contributed by atoms with van der Waals surface area (Å²) in [6, 6.07) is 0. The number of rotatable bonds is 0. The maximum atomic E-state index is 10.9. The molecule has 0 atom stereocenters. The number of hydrogen-bond donors (Lipinski definition) is 2. The van der Waals surface area contributed by atoms with E-state index in [1.165, 1.54) is 0 Å². The summed E-state index contributed by atoms with van der Waals surface area (Å²) in [6.07, 6.45) is 0.0955. The smallest absolute Gasteiger partial charge is 0.218 e. The molecule has 1 rings (SSSR count). The van der Waals surface area contributed by atoms with E-state index in [0.717, 1.165) is 0 Å². The summed E-state index contributed by atoms with van der Waals surface area (Å²) in [5.41, 5.74) is -0.0903. The van der Waals surface area contributed by atoms with Crippen LogP contribution in [0.25, 0.3) is 0 Å². The predicted molar refractivity (Wildman–Crippen MR) is 36.8 cm³/mol. The molecule has 0 aromatic carbocycles. The summed E-state index contributed by atoms with van der Waals surface area (Å²) in [4.78, 5) is 0. The van der Waals surface area contributed by atoms with Crippen molar-refractivity contribution in [3.8, 4) is 0 Å².